The molecule has 11 heteroatoms. The summed E-state index contributed by atoms with van der Waals surface area (Å²) >= 11 is 13.9. The van der Waals surface area contributed by atoms with Crippen LogP contribution in [0.5, 0.6) is 0 Å². The normalized spacial score (nSPS) is 12.8. The number of nitrogens with zero attached hydrogens (tertiary/aromatic N) is 2. The zero-order chi connectivity index (χ0) is 31.0. The largest absolute Gasteiger partial charge is 0.352 e. The fourth-order valence-corrected chi connectivity index (χ4v) is 6.45. The van der Waals surface area contributed by atoms with Crippen molar-refractivity contribution >= 4 is 62.5 Å². The summed E-state index contributed by atoms with van der Waals surface area (Å²) in [6.07, 6.45) is 2.95. The molecule has 0 unspecified atom stereocenters. The van der Waals surface area contributed by atoms with Crippen LogP contribution in [-0.4, -0.2) is 50.0 Å². The molecule has 0 saturated carbocycles. The average Bonchev–Trinajstić information content (AvgIpc) is 2.97. The molecule has 0 saturated heterocycles. The van der Waals surface area contributed by atoms with Crippen molar-refractivity contribution in [1.29, 1.82) is 0 Å². The molecule has 3 aromatic rings. The van der Waals surface area contributed by atoms with Crippen LogP contribution < -0.4 is 9.62 Å². The summed E-state index contributed by atoms with van der Waals surface area (Å²) < 4.78 is 29.1. The first-order valence-corrected chi connectivity index (χ1v) is 17.1. The SMILES string of the molecule is CC[C@@H](C)NC(=O)[C@H](CC)N(Cc1ccc(Cl)c(Cl)c1)C(=O)CN(c1ccc(C)cc1)S(=O)(=O)c1ccc(SC)cc1. The van der Waals surface area contributed by atoms with Gasteiger partial charge in [-0.25, -0.2) is 8.42 Å². The summed E-state index contributed by atoms with van der Waals surface area (Å²) in [6.45, 7) is 7.09. The van der Waals surface area contributed by atoms with Crippen LogP contribution in [0.4, 0.5) is 5.69 Å². The van der Waals surface area contributed by atoms with Crippen molar-refractivity contribution in [2.45, 2.75) is 69.0 Å². The van der Waals surface area contributed by atoms with E-state index in [0.29, 0.717) is 27.7 Å². The highest BCUT2D eigenvalue weighted by molar-refractivity contribution is 7.98. The minimum Gasteiger partial charge on any atom is -0.352 e. The smallest absolute Gasteiger partial charge is 0.264 e. The Hall–Kier alpha value is -2.72. The van der Waals surface area contributed by atoms with Crippen molar-refractivity contribution < 1.29 is 18.0 Å². The van der Waals surface area contributed by atoms with E-state index in [1.54, 1.807) is 54.6 Å². The molecule has 0 aliphatic rings. The highest BCUT2D eigenvalue weighted by Gasteiger charge is 2.34. The van der Waals surface area contributed by atoms with Gasteiger partial charge in [0.2, 0.25) is 11.8 Å². The second kappa shape index (κ2) is 15.1. The molecule has 0 fully saturated rings. The van der Waals surface area contributed by atoms with E-state index < -0.39 is 28.5 Å². The van der Waals surface area contributed by atoms with Gasteiger partial charge in [-0.15, -0.1) is 11.8 Å². The Morgan fingerprint density at radius 3 is 2.12 bits per heavy atom. The van der Waals surface area contributed by atoms with Crippen LogP contribution in [0.2, 0.25) is 10.0 Å². The number of rotatable bonds is 13. The number of hydrogen-bond donors (Lipinski definition) is 1. The number of aryl methyl sites for hydroxylation is 1. The topological polar surface area (TPSA) is 86.8 Å². The van der Waals surface area contributed by atoms with Crippen molar-refractivity contribution in [2.24, 2.45) is 0 Å². The molecule has 0 aromatic heterocycles. The molecule has 0 radical (unpaired) electrons. The van der Waals surface area contributed by atoms with Crippen LogP contribution in [0.15, 0.2) is 76.5 Å². The van der Waals surface area contributed by atoms with Crippen molar-refractivity contribution in [3.05, 3.63) is 87.9 Å². The number of hydrogen-bond acceptors (Lipinski definition) is 5. The maximum atomic E-state index is 14.2. The maximum Gasteiger partial charge on any atom is 0.264 e. The Bertz CT molecular complexity index is 1480. The Labute approximate surface area is 263 Å². The third-order valence-corrected chi connectivity index (χ3v) is 10.2. The third-order valence-electron chi connectivity index (χ3n) is 6.97. The van der Waals surface area contributed by atoms with E-state index >= 15 is 0 Å². The Morgan fingerprint density at radius 1 is 0.929 bits per heavy atom. The molecule has 0 spiro atoms. The second-order valence-corrected chi connectivity index (χ2v) is 13.6. The minimum absolute atomic E-state index is 0.0341. The van der Waals surface area contributed by atoms with E-state index in [1.807, 2.05) is 34.0 Å². The van der Waals surface area contributed by atoms with Crippen molar-refractivity contribution in [2.75, 3.05) is 17.1 Å². The van der Waals surface area contributed by atoms with Crippen molar-refractivity contribution in [3.63, 3.8) is 0 Å². The molecule has 3 rings (SSSR count). The molecule has 2 atom stereocenters. The molecule has 3 aromatic carbocycles. The lowest BCUT2D eigenvalue weighted by atomic mass is 10.1. The van der Waals surface area contributed by atoms with Gasteiger partial charge in [0.25, 0.3) is 10.0 Å². The molecular formula is C31H37Cl2N3O4S2. The number of carbonyl (C=O) groups is 2. The monoisotopic (exact) mass is 649 g/mol. The summed E-state index contributed by atoms with van der Waals surface area (Å²) in [5.41, 5.74) is 1.94. The van der Waals surface area contributed by atoms with E-state index in [1.165, 1.54) is 28.8 Å². The molecule has 2 amide bonds. The predicted molar refractivity (Wildman–Crippen MR) is 173 cm³/mol. The van der Waals surface area contributed by atoms with Gasteiger partial charge in [-0.1, -0.05) is 60.8 Å². The molecule has 0 bridgehead atoms. The van der Waals surface area contributed by atoms with E-state index in [9.17, 15) is 18.0 Å². The van der Waals surface area contributed by atoms with Gasteiger partial charge in [-0.2, -0.15) is 0 Å². The number of thioether (sulfide) groups is 1. The first kappa shape index (κ1) is 33.8. The first-order valence-electron chi connectivity index (χ1n) is 13.7. The van der Waals surface area contributed by atoms with Crippen LogP contribution in [0.25, 0.3) is 0 Å². The van der Waals surface area contributed by atoms with Crippen LogP contribution in [0.1, 0.15) is 44.7 Å². The Morgan fingerprint density at radius 2 is 1.57 bits per heavy atom. The van der Waals surface area contributed by atoms with Crippen molar-refractivity contribution in [3.8, 4) is 0 Å². The van der Waals surface area contributed by atoms with Crippen molar-refractivity contribution in [1.82, 2.24) is 10.2 Å². The highest BCUT2D eigenvalue weighted by atomic mass is 35.5. The summed E-state index contributed by atoms with van der Waals surface area (Å²) in [6, 6.07) is 17.5. The molecule has 42 heavy (non-hydrogen) atoms. The highest BCUT2D eigenvalue weighted by Crippen LogP contribution is 2.28. The van der Waals surface area contributed by atoms with Crippen LogP contribution >= 0.6 is 35.0 Å². The van der Waals surface area contributed by atoms with Crippen LogP contribution in [-0.2, 0) is 26.2 Å². The number of sulfonamides is 1. The van der Waals surface area contributed by atoms with Gasteiger partial charge < -0.3 is 10.2 Å². The Balaban J connectivity index is 2.07. The van der Waals surface area contributed by atoms with Crippen LogP contribution in [0.3, 0.4) is 0 Å². The quantitative estimate of drug-likeness (QED) is 0.203. The maximum absolute atomic E-state index is 14.2. The first-order chi connectivity index (χ1) is 19.9. The number of amides is 2. The zero-order valence-electron chi connectivity index (χ0n) is 24.4. The van der Waals surface area contributed by atoms with Gasteiger partial charge >= 0.3 is 0 Å². The van der Waals surface area contributed by atoms with Gasteiger partial charge in [0.15, 0.2) is 0 Å². The fourth-order valence-electron chi connectivity index (χ4n) is 4.31. The lowest BCUT2D eigenvalue weighted by Gasteiger charge is -2.33. The summed E-state index contributed by atoms with van der Waals surface area (Å²) in [7, 11) is -4.14. The summed E-state index contributed by atoms with van der Waals surface area (Å²) in [5.74, 6) is -0.838. The van der Waals surface area contributed by atoms with Gasteiger partial charge in [-0.3, -0.25) is 13.9 Å². The number of halogens is 2. The van der Waals surface area contributed by atoms with E-state index in [2.05, 4.69) is 5.32 Å². The molecule has 0 heterocycles. The predicted octanol–water partition coefficient (Wildman–Crippen LogP) is 6.94. The number of anilines is 1. The molecule has 1 N–H and O–H groups in total. The molecule has 0 aliphatic heterocycles. The van der Waals surface area contributed by atoms with E-state index in [4.69, 9.17) is 23.2 Å². The van der Waals surface area contributed by atoms with Gasteiger partial charge in [0.05, 0.1) is 20.6 Å². The molecule has 7 nitrogen and oxygen atoms in total. The third kappa shape index (κ3) is 8.43. The minimum atomic E-state index is -4.14. The molecular weight excluding hydrogens is 613 g/mol. The molecule has 0 aliphatic carbocycles. The molecule has 226 valence electrons. The zero-order valence-corrected chi connectivity index (χ0v) is 27.6. The fraction of sp³-hybridized carbons (Fsp3) is 0.355. The number of nitrogens with one attached hydrogen (secondary N) is 1. The lowest BCUT2D eigenvalue weighted by molar-refractivity contribution is -0.140. The summed E-state index contributed by atoms with van der Waals surface area (Å²) in [5, 5.41) is 3.65. The van der Waals surface area contributed by atoms with Gasteiger partial charge in [0, 0.05) is 17.5 Å². The van der Waals surface area contributed by atoms with Gasteiger partial charge in [-0.05, 0) is 87.0 Å². The van der Waals surface area contributed by atoms with Crippen LogP contribution in [0, 0.1) is 6.92 Å². The second-order valence-electron chi connectivity index (χ2n) is 10.0. The van der Waals surface area contributed by atoms with Gasteiger partial charge in [0.1, 0.15) is 12.6 Å². The standard InChI is InChI=1S/C31H37Cl2N3O4S2/c1-6-22(4)34-31(38)29(7-2)35(19-23-10-17-27(32)28(33)18-23)30(37)20-36(24-11-8-21(3)9-12-24)42(39,40)26-15-13-25(41-5)14-16-26/h8-18,22,29H,6-7,19-20H2,1-5H3,(H,34,38)/t22-,29+/m1/s1. The van der Waals surface area contributed by atoms with E-state index in [-0.39, 0.29) is 23.4 Å². The number of carbonyl (C=O) groups excluding carboxylic acids is 2. The Kier molecular flexibility index (Phi) is 12.2. The lowest BCUT2D eigenvalue weighted by Crippen LogP contribution is -2.53. The van der Waals surface area contributed by atoms with E-state index in [0.717, 1.165) is 21.2 Å². The average molecular weight is 651 g/mol. The number of benzene rings is 3. The summed E-state index contributed by atoms with van der Waals surface area (Å²) in [4.78, 5) is 30.0.